The number of nitrogens with one attached hydrogen (secondary N) is 1. The number of hydrogen-bond donors (Lipinski definition) is 2. The molecule has 168 valence electrons. The van der Waals surface area contributed by atoms with E-state index in [4.69, 9.17) is 4.74 Å². The molecule has 4 aromatic heterocycles. The zero-order valence-electron chi connectivity index (χ0n) is 18.7. The van der Waals surface area contributed by atoms with Crippen LogP contribution in [0.4, 0.5) is 11.6 Å². The number of pyridine rings is 2. The zero-order valence-corrected chi connectivity index (χ0v) is 18.7. The minimum atomic E-state index is -0.220. The zero-order chi connectivity index (χ0) is 22.8. The summed E-state index contributed by atoms with van der Waals surface area (Å²) in [4.78, 5) is 4.47. The highest BCUT2D eigenvalue weighted by Crippen LogP contribution is 2.34. The third-order valence-electron chi connectivity index (χ3n) is 5.80. The molecule has 0 saturated heterocycles. The summed E-state index contributed by atoms with van der Waals surface area (Å²) in [5, 5.41) is 22.0. The highest BCUT2D eigenvalue weighted by molar-refractivity contribution is 5.75. The van der Waals surface area contributed by atoms with E-state index < -0.39 is 0 Å². The number of aryl methyl sites for hydroxylation is 1. The molecule has 2 N–H and O–H groups in total. The van der Waals surface area contributed by atoms with E-state index in [0.717, 1.165) is 59.7 Å². The standard InChI is InChI=1S/C25H26N6O2/c1-3-4-18-14-22(23(16-26-18)33-21-7-5-20(32)6-8-21)17-9-12-31-19(13-17)15-25(29-31)27-24-10-11-30(2)28-24/h9-16,20-21,32H,5-8H2,1-2H3,(H,27,28,29)/t20-,21-. The van der Waals surface area contributed by atoms with Crippen LogP contribution in [-0.4, -0.2) is 41.7 Å². The van der Waals surface area contributed by atoms with Crippen LogP contribution in [0, 0.1) is 11.8 Å². The maximum atomic E-state index is 9.82. The summed E-state index contributed by atoms with van der Waals surface area (Å²) in [5.74, 6) is 8.14. The first kappa shape index (κ1) is 21.0. The quantitative estimate of drug-likeness (QED) is 0.455. The second kappa shape index (κ2) is 8.96. The Hall–Kier alpha value is -3.83. The van der Waals surface area contributed by atoms with Gasteiger partial charge in [-0.25, -0.2) is 9.50 Å². The van der Waals surface area contributed by atoms with Crippen molar-refractivity contribution in [2.24, 2.45) is 7.05 Å². The number of anilines is 2. The first-order valence-electron chi connectivity index (χ1n) is 11.1. The van der Waals surface area contributed by atoms with E-state index >= 15 is 0 Å². The highest BCUT2D eigenvalue weighted by atomic mass is 16.5. The summed E-state index contributed by atoms with van der Waals surface area (Å²) in [7, 11) is 1.88. The fourth-order valence-corrected chi connectivity index (χ4v) is 4.14. The van der Waals surface area contributed by atoms with Crippen LogP contribution in [0.25, 0.3) is 16.6 Å². The van der Waals surface area contributed by atoms with Gasteiger partial charge in [0.15, 0.2) is 11.6 Å². The molecule has 8 nitrogen and oxygen atoms in total. The summed E-state index contributed by atoms with van der Waals surface area (Å²) in [5.41, 5.74) is 3.58. The van der Waals surface area contributed by atoms with Gasteiger partial charge in [-0.3, -0.25) is 4.68 Å². The predicted octanol–water partition coefficient (Wildman–Crippen LogP) is 3.93. The van der Waals surface area contributed by atoms with Crippen LogP contribution in [0.3, 0.4) is 0 Å². The Morgan fingerprint density at radius 1 is 1.06 bits per heavy atom. The molecule has 33 heavy (non-hydrogen) atoms. The molecule has 0 aromatic carbocycles. The van der Waals surface area contributed by atoms with Crippen molar-refractivity contribution in [3.8, 4) is 28.7 Å². The molecule has 5 rings (SSSR count). The van der Waals surface area contributed by atoms with Gasteiger partial charge in [0.1, 0.15) is 11.4 Å². The second-order valence-electron chi connectivity index (χ2n) is 8.30. The molecule has 1 aliphatic rings. The molecule has 8 heteroatoms. The summed E-state index contributed by atoms with van der Waals surface area (Å²) in [6.07, 6.45) is 8.62. The Balaban J connectivity index is 1.47. The third kappa shape index (κ3) is 4.69. The van der Waals surface area contributed by atoms with Gasteiger partial charge >= 0.3 is 0 Å². The lowest BCUT2D eigenvalue weighted by molar-refractivity contribution is 0.0667. The molecule has 0 amide bonds. The van der Waals surface area contributed by atoms with Crippen molar-refractivity contribution in [1.82, 2.24) is 24.4 Å². The highest BCUT2D eigenvalue weighted by Gasteiger charge is 2.22. The summed E-state index contributed by atoms with van der Waals surface area (Å²) in [6, 6.07) is 9.94. The molecule has 0 spiro atoms. The van der Waals surface area contributed by atoms with Crippen molar-refractivity contribution in [2.45, 2.75) is 44.8 Å². The van der Waals surface area contributed by atoms with Gasteiger partial charge in [-0.15, -0.1) is 0 Å². The second-order valence-corrected chi connectivity index (χ2v) is 8.30. The summed E-state index contributed by atoms with van der Waals surface area (Å²) >= 11 is 0. The largest absolute Gasteiger partial charge is 0.488 e. The van der Waals surface area contributed by atoms with E-state index in [-0.39, 0.29) is 12.2 Å². The summed E-state index contributed by atoms with van der Waals surface area (Å²) < 4.78 is 9.92. The van der Waals surface area contributed by atoms with Crippen LogP contribution < -0.4 is 10.1 Å². The molecule has 1 saturated carbocycles. The minimum Gasteiger partial charge on any atom is -0.488 e. The maximum Gasteiger partial charge on any atom is 0.154 e. The van der Waals surface area contributed by atoms with E-state index in [1.54, 1.807) is 17.8 Å². The Morgan fingerprint density at radius 2 is 1.91 bits per heavy atom. The lowest BCUT2D eigenvalue weighted by Crippen LogP contribution is -2.26. The minimum absolute atomic E-state index is 0.0740. The van der Waals surface area contributed by atoms with Gasteiger partial charge in [0, 0.05) is 37.1 Å². The summed E-state index contributed by atoms with van der Waals surface area (Å²) in [6.45, 7) is 1.80. The molecule has 1 fully saturated rings. The van der Waals surface area contributed by atoms with Crippen LogP contribution in [-0.2, 0) is 7.05 Å². The smallest absolute Gasteiger partial charge is 0.154 e. The fourth-order valence-electron chi connectivity index (χ4n) is 4.14. The van der Waals surface area contributed by atoms with Crippen molar-refractivity contribution in [1.29, 1.82) is 0 Å². The molecule has 0 atom stereocenters. The van der Waals surface area contributed by atoms with Crippen molar-refractivity contribution in [3.05, 3.63) is 54.6 Å². The van der Waals surface area contributed by atoms with Gasteiger partial charge < -0.3 is 15.2 Å². The molecule has 0 aliphatic heterocycles. The van der Waals surface area contributed by atoms with Crippen molar-refractivity contribution < 1.29 is 9.84 Å². The molecule has 0 radical (unpaired) electrons. The number of aromatic nitrogens is 5. The van der Waals surface area contributed by atoms with E-state index in [1.807, 2.05) is 48.2 Å². The van der Waals surface area contributed by atoms with Crippen molar-refractivity contribution in [3.63, 3.8) is 0 Å². The Labute approximate surface area is 192 Å². The van der Waals surface area contributed by atoms with Gasteiger partial charge in [-0.2, -0.15) is 10.2 Å². The lowest BCUT2D eigenvalue weighted by atomic mass is 9.95. The maximum absolute atomic E-state index is 9.82. The fraction of sp³-hybridized carbons (Fsp3) is 0.320. The average molecular weight is 443 g/mol. The monoisotopic (exact) mass is 442 g/mol. The predicted molar refractivity (Wildman–Crippen MR) is 126 cm³/mol. The third-order valence-corrected chi connectivity index (χ3v) is 5.80. The first-order valence-corrected chi connectivity index (χ1v) is 11.1. The van der Waals surface area contributed by atoms with E-state index in [2.05, 4.69) is 38.4 Å². The van der Waals surface area contributed by atoms with Crippen LogP contribution in [0.2, 0.25) is 0 Å². The lowest BCUT2D eigenvalue weighted by Gasteiger charge is -2.27. The average Bonchev–Trinajstić information content (AvgIpc) is 3.41. The Morgan fingerprint density at radius 3 is 2.67 bits per heavy atom. The molecule has 1 aliphatic carbocycles. The van der Waals surface area contributed by atoms with Gasteiger partial charge in [0.25, 0.3) is 0 Å². The van der Waals surface area contributed by atoms with Gasteiger partial charge in [0.2, 0.25) is 0 Å². The van der Waals surface area contributed by atoms with Crippen molar-refractivity contribution in [2.75, 3.05) is 5.32 Å². The number of rotatable bonds is 5. The number of aliphatic hydroxyl groups is 1. The van der Waals surface area contributed by atoms with E-state index in [1.165, 1.54) is 0 Å². The van der Waals surface area contributed by atoms with Gasteiger partial charge in [0.05, 0.1) is 23.9 Å². The first-order chi connectivity index (χ1) is 16.1. The molecule has 4 aromatic rings. The SMILES string of the molecule is CC#Cc1cc(-c2ccn3nc(Nc4ccn(C)n4)cc3c2)c(O[C@H]2CC[C@H](O)CC2)cn1. The Kier molecular flexibility index (Phi) is 5.71. The molecule has 0 unspecified atom stereocenters. The van der Waals surface area contributed by atoms with Crippen LogP contribution in [0.5, 0.6) is 5.75 Å². The van der Waals surface area contributed by atoms with Gasteiger partial charge in [-0.05, 0) is 62.3 Å². The van der Waals surface area contributed by atoms with Crippen LogP contribution in [0.15, 0.2) is 48.9 Å². The molecular weight excluding hydrogens is 416 g/mol. The number of aliphatic hydroxyl groups excluding tert-OH is 1. The molecule has 0 bridgehead atoms. The number of hydrogen-bond acceptors (Lipinski definition) is 6. The van der Waals surface area contributed by atoms with Crippen molar-refractivity contribution >= 4 is 17.2 Å². The van der Waals surface area contributed by atoms with Crippen LogP contribution in [0.1, 0.15) is 38.3 Å². The normalized spacial score (nSPS) is 18.0. The number of fused-ring (bicyclic) bond motifs is 1. The molecule has 4 heterocycles. The Bertz CT molecular complexity index is 1340. The van der Waals surface area contributed by atoms with Crippen LogP contribution >= 0.6 is 0 Å². The van der Waals surface area contributed by atoms with Gasteiger partial charge in [-0.1, -0.05) is 5.92 Å². The number of ether oxygens (including phenoxy) is 1. The van der Waals surface area contributed by atoms with E-state index in [9.17, 15) is 5.11 Å². The topological polar surface area (TPSA) is 89.5 Å². The molecular formula is C25H26N6O2. The number of nitrogens with zero attached hydrogens (tertiary/aromatic N) is 5. The van der Waals surface area contributed by atoms with E-state index in [0.29, 0.717) is 5.69 Å².